The number of halogens is 3. The molecule has 0 aliphatic rings. The van der Waals surface area contributed by atoms with Gasteiger partial charge in [-0.3, -0.25) is 0 Å². The van der Waals surface area contributed by atoms with Crippen molar-refractivity contribution in [3.05, 3.63) is 63.6 Å². The quantitative estimate of drug-likeness (QED) is 0.931. The summed E-state index contributed by atoms with van der Waals surface area (Å²) in [6, 6.07) is 7.74. The maximum absolute atomic E-state index is 13.9. The van der Waals surface area contributed by atoms with E-state index in [-0.39, 0.29) is 5.56 Å². The summed E-state index contributed by atoms with van der Waals surface area (Å²) in [6.45, 7) is 0. The zero-order chi connectivity index (χ0) is 14.0. The molecule has 0 fully saturated rings. The van der Waals surface area contributed by atoms with Crippen LogP contribution in [0.5, 0.6) is 5.75 Å². The van der Waals surface area contributed by atoms with Crippen molar-refractivity contribution in [2.24, 2.45) is 5.73 Å². The Morgan fingerprint density at radius 3 is 2.58 bits per heavy atom. The van der Waals surface area contributed by atoms with Crippen LogP contribution in [0.2, 0.25) is 0 Å². The third-order valence-corrected chi connectivity index (χ3v) is 3.53. The highest BCUT2D eigenvalue weighted by Crippen LogP contribution is 2.33. The molecule has 0 amide bonds. The minimum absolute atomic E-state index is 0.270. The molecule has 2 aromatic carbocycles. The summed E-state index contributed by atoms with van der Waals surface area (Å²) in [5.74, 6) is -0.476. The van der Waals surface area contributed by atoms with E-state index in [1.54, 1.807) is 12.1 Å². The van der Waals surface area contributed by atoms with Gasteiger partial charge in [-0.1, -0.05) is 22.0 Å². The van der Waals surface area contributed by atoms with Crippen molar-refractivity contribution in [2.45, 2.75) is 6.04 Å². The molecule has 1 atom stereocenters. The molecule has 0 radical (unpaired) electrons. The minimum Gasteiger partial charge on any atom is -0.496 e. The Morgan fingerprint density at radius 2 is 1.95 bits per heavy atom. The van der Waals surface area contributed by atoms with Gasteiger partial charge in [0.25, 0.3) is 0 Å². The van der Waals surface area contributed by atoms with Gasteiger partial charge < -0.3 is 10.5 Å². The molecule has 19 heavy (non-hydrogen) atoms. The second kappa shape index (κ2) is 5.67. The lowest BCUT2D eigenvalue weighted by atomic mass is 9.98. The van der Waals surface area contributed by atoms with E-state index in [0.29, 0.717) is 15.8 Å². The normalized spacial score (nSPS) is 12.3. The Kier molecular flexibility index (Phi) is 4.17. The first-order valence-electron chi connectivity index (χ1n) is 5.57. The fourth-order valence-electron chi connectivity index (χ4n) is 1.91. The number of methoxy groups -OCH3 is 1. The molecule has 0 saturated heterocycles. The van der Waals surface area contributed by atoms with E-state index in [2.05, 4.69) is 15.9 Å². The maximum atomic E-state index is 13.9. The van der Waals surface area contributed by atoms with Crippen molar-refractivity contribution in [3.63, 3.8) is 0 Å². The van der Waals surface area contributed by atoms with Crippen molar-refractivity contribution in [3.8, 4) is 5.75 Å². The van der Waals surface area contributed by atoms with Gasteiger partial charge in [-0.05, 0) is 30.3 Å². The fourth-order valence-corrected chi connectivity index (χ4v) is 2.50. The lowest BCUT2D eigenvalue weighted by molar-refractivity contribution is 0.406. The summed E-state index contributed by atoms with van der Waals surface area (Å²) in [5.41, 5.74) is 6.71. The molecular weight excluding hydrogens is 316 g/mol. The van der Waals surface area contributed by atoms with E-state index in [1.807, 2.05) is 0 Å². The van der Waals surface area contributed by atoms with Gasteiger partial charge in [0.1, 0.15) is 17.4 Å². The van der Waals surface area contributed by atoms with Gasteiger partial charge in [-0.15, -0.1) is 0 Å². The molecule has 0 saturated carbocycles. The number of benzene rings is 2. The lowest BCUT2D eigenvalue weighted by Crippen LogP contribution is -2.15. The van der Waals surface area contributed by atoms with Crippen molar-refractivity contribution < 1.29 is 13.5 Å². The number of ether oxygens (including phenoxy) is 1. The molecule has 0 aliphatic heterocycles. The topological polar surface area (TPSA) is 35.2 Å². The van der Waals surface area contributed by atoms with Gasteiger partial charge in [0.15, 0.2) is 0 Å². The van der Waals surface area contributed by atoms with E-state index >= 15 is 0 Å². The van der Waals surface area contributed by atoms with Gasteiger partial charge in [0.2, 0.25) is 0 Å². The molecular formula is C14H12BrF2NO. The Labute approximate surface area is 118 Å². The molecule has 0 bridgehead atoms. The summed E-state index contributed by atoms with van der Waals surface area (Å²) < 4.78 is 32.9. The average molecular weight is 328 g/mol. The van der Waals surface area contributed by atoms with Crippen LogP contribution in [0.1, 0.15) is 17.2 Å². The fraction of sp³-hybridized carbons (Fsp3) is 0.143. The highest BCUT2D eigenvalue weighted by atomic mass is 79.9. The first-order valence-corrected chi connectivity index (χ1v) is 6.37. The number of rotatable bonds is 3. The van der Waals surface area contributed by atoms with Crippen LogP contribution in [0.4, 0.5) is 8.78 Å². The Balaban J connectivity index is 2.55. The summed E-state index contributed by atoms with van der Waals surface area (Å²) in [6.07, 6.45) is 0. The highest BCUT2D eigenvalue weighted by molar-refractivity contribution is 9.10. The van der Waals surface area contributed by atoms with Crippen LogP contribution in [0.25, 0.3) is 0 Å². The van der Waals surface area contributed by atoms with E-state index in [0.717, 1.165) is 0 Å². The number of hydrogen-bond acceptors (Lipinski definition) is 2. The van der Waals surface area contributed by atoms with Crippen molar-refractivity contribution >= 4 is 15.9 Å². The predicted octanol–water partition coefficient (Wildman–Crippen LogP) is 3.78. The zero-order valence-electron chi connectivity index (χ0n) is 10.2. The maximum Gasteiger partial charge on any atom is 0.129 e. The summed E-state index contributed by atoms with van der Waals surface area (Å²) in [5, 5.41) is 0. The van der Waals surface area contributed by atoms with E-state index in [1.165, 1.54) is 31.4 Å². The van der Waals surface area contributed by atoms with Gasteiger partial charge in [0.05, 0.1) is 13.2 Å². The van der Waals surface area contributed by atoms with Gasteiger partial charge in [0, 0.05) is 15.6 Å². The Hall–Kier alpha value is -1.46. The van der Waals surface area contributed by atoms with Crippen LogP contribution in [-0.2, 0) is 0 Å². The van der Waals surface area contributed by atoms with Crippen molar-refractivity contribution in [1.29, 1.82) is 0 Å². The second-order valence-corrected chi connectivity index (χ2v) is 4.85. The average Bonchev–Trinajstić information content (AvgIpc) is 2.38. The first-order chi connectivity index (χ1) is 9.04. The van der Waals surface area contributed by atoms with Gasteiger partial charge in [-0.2, -0.15) is 0 Å². The van der Waals surface area contributed by atoms with Crippen LogP contribution in [-0.4, -0.2) is 7.11 Å². The summed E-state index contributed by atoms with van der Waals surface area (Å²) in [7, 11) is 1.46. The van der Waals surface area contributed by atoms with Crippen molar-refractivity contribution in [2.75, 3.05) is 7.11 Å². The highest BCUT2D eigenvalue weighted by Gasteiger charge is 2.20. The SMILES string of the molecule is COc1ccc(F)cc1C(N)c1c(F)cccc1Br. The van der Waals surface area contributed by atoms with Gasteiger partial charge >= 0.3 is 0 Å². The molecule has 0 spiro atoms. The molecule has 0 aliphatic carbocycles. The predicted molar refractivity (Wildman–Crippen MR) is 73.1 cm³/mol. The molecule has 0 heterocycles. The first kappa shape index (κ1) is 14.0. The Bertz CT molecular complexity index is 584. The number of nitrogens with two attached hydrogens (primary N) is 1. The molecule has 5 heteroatoms. The zero-order valence-corrected chi connectivity index (χ0v) is 11.7. The molecule has 0 aromatic heterocycles. The third-order valence-electron chi connectivity index (χ3n) is 2.84. The molecule has 2 aromatic rings. The third kappa shape index (κ3) is 2.77. The van der Waals surface area contributed by atoms with Gasteiger partial charge in [-0.25, -0.2) is 8.78 Å². The molecule has 2 N–H and O–H groups in total. The van der Waals surface area contributed by atoms with E-state index < -0.39 is 17.7 Å². The van der Waals surface area contributed by atoms with Crippen LogP contribution in [0, 0.1) is 11.6 Å². The summed E-state index contributed by atoms with van der Waals surface area (Å²) >= 11 is 3.26. The molecule has 100 valence electrons. The van der Waals surface area contributed by atoms with Crippen LogP contribution in [0.15, 0.2) is 40.9 Å². The van der Waals surface area contributed by atoms with E-state index in [4.69, 9.17) is 10.5 Å². The minimum atomic E-state index is -0.818. The monoisotopic (exact) mass is 327 g/mol. The van der Waals surface area contributed by atoms with Crippen molar-refractivity contribution in [1.82, 2.24) is 0 Å². The van der Waals surface area contributed by atoms with Crippen LogP contribution < -0.4 is 10.5 Å². The standard InChI is InChI=1S/C14H12BrF2NO/c1-19-12-6-5-8(16)7-9(12)14(18)13-10(15)3-2-4-11(13)17/h2-7,14H,18H2,1H3. The molecule has 2 rings (SSSR count). The molecule has 1 unspecified atom stereocenters. The second-order valence-electron chi connectivity index (χ2n) is 4.00. The van der Waals surface area contributed by atoms with Crippen LogP contribution in [0.3, 0.4) is 0 Å². The Morgan fingerprint density at radius 1 is 1.21 bits per heavy atom. The van der Waals surface area contributed by atoms with Crippen LogP contribution >= 0.6 is 15.9 Å². The lowest BCUT2D eigenvalue weighted by Gasteiger charge is -2.18. The smallest absolute Gasteiger partial charge is 0.129 e. The summed E-state index contributed by atoms with van der Waals surface area (Å²) in [4.78, 5) is 0. The number of hydrogen-bond donors (Lipinski definition) is 1. The largest absolute Gasteiger partial charge is 0.496 e. The van der Waals surface area contributed by atoms with E-state index in [9.17, 15) is 8.78 Å². The molecule has 2 nitrogen and oxygen atoms in total.